The number of rotatable bonds is 3. The third kappa shape index (κ3) is 3.07. The van der Waals surface area contributed by atoms with Crippen molar-refractivity contribution in [3.8, 4) is 0 Å². The normalized spacial score (nSPS) is 14.9. The summed E-state index contributed by atoms with van der Waals surface area (Å²) in [5.74, 6) is -0.150. The monoisotopic (exact) mass is 338 g/mol. The van der Waals surface area contributed by atoms with Crippen molar-refractivity contribution < 1.29 is 9.18 Å². The molecule has 3 aromatic rings. The van der Waals surface area contributed by atoms with E-state index in [1.807, 2.05) is 44.7 Å². The number of benzene rings is 2. The summed E-state index contributed by atoms with van der Waals surface area (Å²) >= 11 is 0. The highest BCUT2D eigenvalue weighted by Crippen LogP contribution is 2.20. The van der Waals surface area contributed by atoms with Gasteiger partial charge in [-0.3, -0.25) is 4.79 Å². The van der Waals surface area contributed by atoms with Gasteiger partial charge in [-0.05, 0) is 24.3 Å². The molecule has 0 saturated carbocycles. The van der Waals surface area contributed by atoms with Crippen molar-refractivity contribution in [2.75, 3.05) is 31.1 Å². The molecule has 0 atom stereocenters. The second kappa shape index (κ2) is 6.55. The fourth-order valence-corrected chi connectivity index (χ4v) is 3.29. The quantitative estimate of drug-likeness (QED) is 0.737. The summed E-state index contributed by atoms with van der Waals surface area (Å²) in [6, 6.07) is 14.5. The van der Waals surface area contributed by atoms with Crippen LogP contribution in [0.1, 0.15) is 0 Å². The van der Waals surface area contributed by atoms with Crippen LogP contribution in [0.5, 0.6) is 0 Å². The molecule has 1 aliphatic heterocycles. The predicted octanol–water partition coefficient (Wildman–Crippen LogP) is 2.52. The Bertz CT molecular complexity index is 899. The zero-order chi connectivity index (χ0) is 17.2. The van der Waals surface area contributed by atoms with Crippen LogP contribution in [0.2, 0.25) is 0 Å². The molecule has 0 spiro atoms. The molecule has 25 heavy (non-hydrogen) atoms. The Hall–Kier alpha value is -2.89. The molecule has 0 aliphatic carbocycles. The van der Waals surface area contributed by atoms with Crippen LogP contribution in [0.4, 0.5) is 10.1 Å². The van der Waals surface area contributed by atoms with Gasteiger partial charge in [-0.25, -0.2) is 9.37 Å². The standard InChI is InChI=1S/C19H19FN4O/c20-15-5-1-3-7-17(15)22-9-11-23(12-10-22)19(25)13-24-14-21-16-6-2-4-8-18(16)24/h1-8,14H,9-13H2. The van der Waals surface area contributed by atoms with Gasteiger partial charge in [-0.2, -0.15) is 0 Å². The Morgan fingerprint density at radius 3 is 2.52 bits per heavy atom. The second-order valence-electron chi connectivity index (χ2n) is 6.18. The maximum atomic E-state index is 13.9. The molecule has 1 aromatic heterocycles. The highest BCUT2D eigenvalue weighted by molar-refractivity contribution is 5.80. The molecule has 5 nitrogen and oxygen atoms in total. The molecule has 6 heteroatoms. The molecule has 1 saturated heterocycles. The lowest BCUT2D eigenvalue weighted by molar-refractivity contribution is -0.132. The number of aromatic nitrogens is 2. The molecule has 0 bridgehead atoms. The minimum Gasteiger partial charge on any atom is -0.366 e. The number of imidazole rings is 1. The maximum absolute atomic E-state index is 13.9. The van der Waals surface area contributed by atoms with E-state index in [9.17, 15) is 9.18 Å². The van der Waals surface area contributed by atoms with Crippen LogP contribution in [0, 0.1) is 5.82 Å². The Balaban J connectivity index is 1.41. The Morgan fingerprint density at radius 1 is 1.00 bits per heavy atom. The number of para-hydroxylation sites is 3. The Kier molecular flexibility index (Phi) is 4.09. The summed E-state index contributed by atoms with van der Waals surface area (Å²) in [6.07, 6.45) is 1.71. The van der Waals surface area contributed by atoms with Gasteiger partial charge in [0.25, 0.3) is 0 Å². The summed E-state index contributed by atoms with van der Waals surface area (Å²) < 4.78 is 15.8. The number of nitrogens with zero attached hydrogens (tertiary/aromatic N) is 4. The van der Waals surface area contributed by atoms with Crippen LogP contribution >= 0.6 is 0 Å². The number of carbonyl (C=O) groups excluding carboxylic acids is 1. The molecule has 128 valence electrons. The van der Waals surface area contributed by atoms with Gasteiger partial charge in [0, 0.05) is 26.2 Å². The van der Waals surface area contributed by atoms with Crippen molar-refractivity contribution in [3.63, 3.8) is 0 Å². The second-order valence-corrected chi connectivity index (χ2v) is 6.18. The largest absolute Gasteiger partial charge is 0.366 e. The number of halogens is 1. The minimum atomic E-state index is -0.216. The van der Waals surface area contributed by atoms with Crippen LogP contribution in [-0.2, 0) is 11.3 Å². The first-order chi connectivity index (χ1) is 12.2. The molecule has 1 amide bonds. The molecule has 0 unspecified atom stereocenters. The van der Waals surface area contributed by atoms with E-state index >= 15 is 0 Å². The van der Waals surface area contributed by atoms with Gasteiger partial charge in [-0.15, -0.1) is 0 Å². The van der Waals surface area contributed by atoms with Crippen LogP contribution in [0.25, 0.3) is 11.0 Å². The van der Waals surface area contributed by atoms with Gasteiger partial charge in [0.15, 0.2) is 0 Å². The van der Waals surface area contributed by atoms with Crippen LogP contribution in [-0.4, -0.2) is 46.5 Å². The predicted molar refractivity (Wildman–Crippen MR) is 94.9 cm³/mol. The minimum absolute atomic E-state index is 0.0661. The first kappa shape index (κ1) is 15.6. The number of amides is 1. The lowest BCUT2D eigenvalue weighted by Crippen LogP contribution is -2.49. The van der Waals surface area contributed by atoms with E-state index < -0.39 is 0 Å². The van der Waals surface area contributed by atoms with E-state index in [2.05, 4.69) is 4.98 Å². The summed E-state index contributed by atoms with van der Waals surface area (Å²) in [4.78, 5) is 20.8. The average molecular weight is 338 g/mol. The summed E-state index contributed by atoms with van der Waals surface area (Å²) in [6.45, 7) is 2.74. The van der Waals surface area contributed by atoms with Gasteiger partial charge in [-0.1, -0.05) is 24.3 Å². The summed E-state index contributed by atoms with van der Waals surface area (Å²) in [5.41, 5.74) is 2.45. The topological polar surface area (TPSA) is 41.4 Å². The zero-order valence-electron chi connectivity index (χ0n) is 13.8. The molecule has 0 radical (unpaired) electrons. The highest BCUT2D eigenvalue weighted by atomic mass is 19.1. The fraction of sp³-hybridized carbons (Fsp3) is 0.263. The van der Waals surface area contributed by atoms with E-state index in [-0.39, 0.29) is 18.3 Å². The van der Waals surface area contributed by atoms with Crippen molar-refractivity contribution in [3.05, 3.63) is 60.7 Å². The van der Waals surface area contributed by atoms with Crippen LogP contribution in [0.15, 0.2) is 54.9 Å². The van der Waals surface area contributed by atoms with Gasteiger partial charge >= 0.3 is 0 Å². The van der Waals surface area contributed by atoms with E-state index in [0.717, 1.165) is 11.0 Å². The van der Waals surface area contributed by atoms with Gasteiger partial charge in [0.05, 0.1) is 23.0 Å². The van der Waals surface area contributed by atoms with E-state index in [1.54, 1.807) is 18.5 Å². The van der Waals surface area contributed by atoms with E-state index in [1.165, 1.54) is 6.07 Å². The molecule has 4 rings (SSSR count). The van der Waals surface area contributed by atoms with E-state index in [0.29, 0.717) is 31.9 Å². The van der Waals surface area contributed by atoms with Crippen molar-refractivity contribution in [1.29, 1.82) is 0 Å². The van der Waals surface area contributed by atoms with Crippen molar-refractivity contribution in [1.82, 2.24) is 14.5 Å². The van der Waals surface area contributed by atoms with Gasteiger partial charge in [0.1, 0.15) is 12.4 Å². The van der Waals surface area contributed by atoms with Crippen LogP contribution < -0.4 is 4.90 Å². The number of piperazine rings is 1. The third-order valence-electron chi connectivity index (χ3n) is 4.66. The lowest BCUT2D eigenvalue weighted by atomic mass is 10.2. The molecule has 2 heterocycles. The lowest BCUT2D eigenvalue weighted by Gasteiger charge is -2.36. The number of fused-ring (bicyclic) bond motifs is 1. The molecular weight excluding hydrogens is 319 g/mol. The average Bonchev–Trinajstić information content (AvgIpc) is 3.05. The first-order valence-corrected chi connectivity index (χ1v) is 8.39. The van der Waals surface area contributed by atoms with E-state index in [4.69, 9.17) is 0 Å². The third-order valence-corrected chi connectivity index (χ3v) is 4.66. The molecular formula is C19H19FN4O. The van der Waals surface area contributed by atoms with Crippen LogP contribution in [0.3, 0.4) is 0 Å². The molecule has 2 aromatic carbocycles. The number of hydrogen-bond acceptors (Lipinski definition) is 3. The smallest absolute Gasteiger partial charge is 0.242 e. The number of anilines is 1. The Labute approximate surface area is 145 Å². The SMILES string of the molecule is O=C(Cn1cnc2ccccc21)N1CCN(c2ccccc2F)CC1. The molecule has 1 fully saturated rings. The fourth-order valence-electron chi connectivity index (χ4n) is 3.29. The molecule has 1 aliphatic rings. The molecule has 0 N–H and O–H groups in total. The van der Waals surface area contributed by atoms with Gasteiger partial charge in [0.2, 0.25) is 5.91 Å². The Morgan fingerprint density at radius 2 is 1.72 bits per heavy atom. The summed E-state index contributed by atoms with van der Waals surface area (Å²) in [5, 5.41) is 0. The first-order valence-electron chi connectivity index (χ1n) is 8.39. The number of hydrogen-bond donors (Lipinski definition) is 0. The van der Waals surface area contributed by atoms with Gasteiger partial charge < -0.3 is 14.4 Å². The number of carbonyl (C=O) groups is 1. The highest BCUT2D eigenvalue weighted by Gasteiger charge is 2.23. The summed E-state index contributed by atoms with van der Waals surface area (Å²) in [7, 11) is 0. The van der Waals surface area contributed by atoms with Crippen molar-refractivity contribution in [2.24, 2.45) is 0 Å². The van der Waals surface area contributed by atoms with Crippen molar-refractivity contribution >= 4 is 22.6 Å². The zero-order valence-corrected chi connectivity index (χ0v) is 13.8. The van der Waals surface area contributed by atoms with Crippen molar-refractivity contribution in [2.45, 2.75) is 6.54 Å². The maximum Gasteiger partial charge on any atom is 0.242 e.